The number of rotatable bonds is 12. The number of benzene rings is 1. The first-order chi connectivity index (χ1) is 15.8. The average Bonchev–Trinajstić information content (AvgIpc) is 3.21. The number of aromatic nitrogens is 3. The zero-order valence-corrected chi connectivity index (χ0v) is 21.1. The molecule has 0 aliphatic carbocycles. The molecule has 1 aromatic carbocycles. The summed E-state index contributed by atoms with van der Waals surface area (Å²) in [6.45, 7) is 13.7. The number of morpholine rings is 1. The lowest BCUT2D eigenvalue weighted by molar-refractivity contribution is -0.119. The third-order valence-electron chi connectivity index (χ3n) is 5.75. The van der Waals surface area contributed by atoms with Crippen molar-refractivity contribution in [1.82, 2.24) is 25.0 Å². The van der Waals surface area contributed by atoms with E-state index in [-0.39, 0.29) is 11.4 Å². The van der Waals surface area contributed by atoms with Crippen molar-refractivity contribution in [1.29, 1.82) is 0 Å². The lowest BCUT2D eigenvalue weighted by atomic mass is 10.0. The largest absolute Gasteiger partial charge is 0.486 e. The van der Waals surface area contributed by atoms with E-state index in [4.69, 9.17) is 9.47 Å². The van der Waals surface area contributed by atoms with Crippen molar-refractivity contribution in [3.63, 3.8) is 0 Å². The van der Waals surface area contributed by atoms with Crippen LogP contribution >= 0.6 is 11.8 Å². The Morgan fingerprint density at radius 3 is 2.64 bits per heavy atom. The number of para-hydroxylation sites is 1. The van der Waals surface area contributed by atoms with E-state index < -0.39 is 0 Å². The Morgan fingerprint density at radius 2 is 1.94 bits per heavy atom. The van der Waals surface area contributed by atoms with Gasteiger partial charge in [0.1, 0.15) is 12.4 Å². The molecule has 1 saturated heterocycles. The molecule has 2 heterocycles. The Kier molecular flexibility index (Phi) is 9.58. The summed E-state index contributed by atoms with van der Waals surface area (Å²) in [5.74, 6) is 2.43. The van der Waals surface area contributed by atoms with Crippen molar-refractivity contribution in [3.8, 4) is 5.75 Å². The van der Waals surface area contributed by atoms with Crippen molar-refractivity contribution < 1.29 is 14.3 Å². The zero-order valence-electron chi connectivity index (χ0n) is 20.2. The minimum absolute atomic E-state index is 0.00169. The van der Waals surface area contributed by atoms with Gasteiger partial charge in [-0.3, -0.25) is 9.69 Å². The molecule has 0 bridgehead atoms. The summed E-state index contributed by atoms with van der Waals surface area (Å²) in [5.41, 5.74) is -0.108. The SMILES string of the molecule is CC(C)CCn1c(COc2ccccc2)nnc1SCC(=O)NCC(C)(C)N1CCOCC1. The average molecular weight is 476 g/mol. The van der Waals surface area contributed by atoms with Crippen LogP contribution in [-0.4, -0.2) is 69.7 Å². The second-order valence-electron chi connectivity index (χ2n) is 9.31. The van der Waals surface area contributed by atoms with Crippen molar-refractivity contribution in [2.24, 2.45) is 5.92 Å². The molecule has 1 N–H and O–H groups in total. The highest BCUT2D eigenvalue weighted by Crippen LogP contribution is 2.21. The zero-order chi connectivity index (χ0) is 23.7. The first kappa shape index (κ1) is 25.5. The summed E-state index contributed by atoms with van der Waals surface area (Å²) in [4.78, 5) is 15.0. The minimum atomic E-state index is -0.108. The maximum atomic E-state index is 12.6. The fourth-order valence-electron chi connectivity index (χ4n) is 3.59. The highest BCUT2D eigenvalue weighted by atomic mass is 32.2. The van der Waals surface area contributed by atoms with Gasteiger partial charge in [-0.25, -0.2) is 0 Å². The number of nitrogens with one attached hydrogen (secondary N) is 1. The summed E-state index contributed by atoms with van der Waals surface area (Å²) >= 11 is 1.42. The van der Waals surface area contributed by atoms with Crippen molar-refractivity contribution in [3.05, 3.63) is 36.2 Å². The molecule has 0 atom stereocenters. The third kappa shape index (κ3) is 8.01. The standard InChI is InChI=1S/C24H37N5O3S/c1-19(2)10-11-29-21(16-32-20-8-6-5-7-9-20)26-27-23(29)33-17-22(30)25-18-24(3,4)28-12-14-31-15-13-28/h5-9,19H,10-18H2,1-4H3,(H,25,30). The number of amides is 1. The molecular weight excluding hydrogens is 438 g/mol. The van der Waals surface area contributed by atoms with Gasteiger partial charge in [0.25, 0.3) is 0 Å². The number of carbonyl (C=O) groups is 1. The van der Waals surface area contributed by atoms with Crippen LogP contribution in [0.5, 0.6) is 5.75 Å². The van der Waals surface area contributed by atoms with E-state index in [1.807, 2.05) is 30.3 Å². The number of carbonyl (C=O) groups excluding carboxylic acids is 1. The first-order valence-corrected chi connectivity index (χ1v) is 12.7. The highest BCUT2D eigenvalue weighted by Gasteiger charge is 2.28. The van der Waals surface area contributed by atoms with Crippen LogP contribution in [0.15, 0.2) is 35.5 Å². The molecule has 0 saturated carbocycles. The van der Waals surface area contributed by atoms with Gasteiger partial charge in [0.15, 0.2) is 11.0 Å². The summed E-state index contributed by atoms with van der Waals surface area (Å²) in [6, 6.07) is 9.69. The number of thioether (sulfide) groups is 1. The Hall–Kier alpha value is -2.10. The maximum Gasteiger partial charge on any atom is 0.230 e. The molecule has 1 amide bonds. The van der Waals surface area contributed by atoms with Gasteiger partial charge in [-0.2, -0.15) is 0 Å². The van der Waals surface area contributed by atoms with Crippen LogP contribution < -0.4 is 10.1 Å². The van der Waals surface area contributed by atoms with E-state index in [0.29, 0.717) is 24.8 Å². The molecule has 0 spiro atoms. The van der Waals surface area contributed by atoms with Crippen LogP contribution in [0.1, 0.15) is 39.9 Å². The van der Waals surface area contributed by atoms with Gasteiger partial charge >= 0.3 is 0 Å². The number of nitrogens with zero attached hydrogens (tertiary/aromatic N) is 4. The van der Waals surface area contributed by atoms with E-state index in [1.165, 1.54) is 11.8 Å². The van der Waals surface area contributed by atoms with E-state index in [9.17, 15) is 4.79 Å². The lowest BCUT2D eigenvalue weighted by Gasteiger charge is -2.40. The predicted octanol–water partition coefficient (Wildman–Crippen LogP) is 3.22. The van der Waals surface area contributed by atoms with Gasteiger partial charge in [-0.05, 0) is 38.3 Å². The molecule has 2 aromatic rings. The van der Waals surface area contributed by atoms with E-state index in [0.717, 1.165) is 56.0 Å². The molecular formula is C24H37N5O3S. The van der Waals surface area contributed by atoms with Gasteiger partial charge in [-0.1, -0.05) is 43.8 Å². The Bertz CT molecular complexity index is 866. The maximum absolute atomic E-state index is 12.6. The second-order valence-corrected chi connectivity index (χ2v) is 10.3. The van der Waals surface area contributed by atoms with Crippen LogP contribution in [0.3, 0.4) is 0 Å². The van der Waals surface area contributed by atoms with Crippen molar-refractivity contribution >= 4 is 17.7 Å². The Morgan fingerprint density at radius 1 is 1.21 bits per heavy atom. The van der Waals surface area contributed by atoms with Crippen molar-refractivity contribution in [2.75, 3.05) is 38.6 Å². The number of hydrogen-bond acceptors (Lipinski definition) is 7. The molecule has 1 aliphatic rings. The third-order valence-corrected chi connectivity index (χ3v) is 6.72. The van der Waals surface area contributed by atoms with Gasteiger partial charge in [0.2, 0.25) is 5.91 Å². The summed E-state index contributed by atoms with van der Waals surface area (Å²) in [5, 5.41) is 12.5. The van der Waals surface area contributed by atoms with Gasteiger partial charge < -0.3 is 19.4 Å². The number of ether oxygens (including phenoxy) is 2. The van der Waals surface area contributed by atoms with E-state index in [1.54, 1.807) is 0 Å². The molecule has 33 heavy (non-hydrogen) atoms. The fraction of sp³-hybridized carbons (Fsp3) is 0.625. The second kappa shape index (κ2) is 12.4. The first-order valence-electron chi connectivity index (χ1n) is 11.7. The van der Waals surface area contributed by atoms with Gasteiger partial charge in [-0.15, -0.1) is 10.2 Å². The highest BCUT2D eigenvalue weighted by molar-refractivity contribution is 7.99. The molecule has 9 heteroatoms. The minimum Gasteiger partial charge on any atom is -0.486 e. The van der Waals surface area contributed by atoms with E-state index >= 15 is 0 Å². The summed E-state index contributed by atoms with van der Waals surface area (Å²) in [6.07, 6.45) is 1.00. The normalized spacial score (nSPS) is 15.1. The predicted molar refractivity (Wildman–Crippen MR) is 130 cm³/mol. The molecule has 0 unspecified atom stereocenters. The summed E-state index contributed by atoms with van der Waals surface area (Å²) < 4.78 is 13.4. The topological polar surface area (TPSA) is 81.5 Å². The van der Waals surface area contributed by atoms with Crippen LogP contribution in [0.2, 0.25) is 0 Å². The van der Waals surface area contributed by atoms with Crippen molar-refractivity contribution in [2.45, 2.75) is 58.0 Å². The van der Waals surface area contributed by atoms with Crippen LogP contribution in [0.25, 0.3) is 0 Å². The van der Waals surface area contributed by atoms with Crippen LogP contribution in [0, 0.1) is 5.92 Å². The molecule has 1 aliphatic heterocycles. The Labute approximate surface area is 201 Å². The monoisotopic (exact) mass is 475 g/mol. The quantitative estimate of drug-likeness (QED) is 0.472. The van der Waals surface area contributed by atoms with Crippen LogP contribution in [0.4, 0.5) is 0 Å². The Balaban J connectivity index is 1.54. The van der Waals surface area contributed by atoms with Gasteiger partial charge in [0, 0.05) is 31.7 Å². The van der Waals surface area contributed by atoms with Crippen LogP contribution in [-0.2, 0) is 22.7 Å². The molecule has 182 valence electrons. The molecule has 3 rings (SSSR count). The van der Waals surface area contributed by atoms with Gasteiger partial charge in [0.05, 0.1) is 19.0 Å². The molecule has 0 radical (unpaired) electrons. The lowest BCUT2D eigenvalue weighted by Crippen LogP contribution is -2.55. The summed E-state index contributed by atoms with van der Waals surface area (Å²) in [7, 11) is 0. The molecule has 1 fully saturated rings. The molecule has 1 aromatic heterocycles. The fourth-order valence-corrected chi connectivity index (χ4v) is 4.40. The van der Waals surface area contributed by atoms with E-state index in [2.05, 4.69) is 52.7 Å². The smallest absolute Gasteiger partial charge is 0.230 e. The number of hydrogen-bond donors (Lipinski definition) is 1. The molecule has 8 nitrogen and oxygen atoms in total.